The summed E-state index contributed by atoms with van der Waals surface area (Å²) in [5, 5.41) is 9.04. The number of carbonyl (C=O) groups is 2. The molecule has 1 N–H and O–H groups in total. The van der Waals surface area contributed by atoms with Gasteiger partial charge < -0.3 is 9.84 Å². The van der Waals surface area contributed by atoms with Gasteiger partial charge in [0.1, 0.15) is 17.3 Å². The summed E-state index contributed by atoms with van der Waals surface area (Å²) >= 11 is 0. The van der Waals surface area contributed by atoms with Gasteiger partial charge in [-0.2, -0.15) is 0 Å². The second-order valence-electron chi connectivity index (χ2n) is 5.87. The highest BCUT2D eigenvalue weighted by Gasteiger charge is 2.34. The van der Waals surface area contributed by atoms with Gasteiger partial charge in [0.2, 0.25) is 0 Å². The van der Waals surface area contributed by atoms with E-state index in [1.54, 1.807) is 20.8 Å². The summed E-state index contributed by atoms with van der Waals surface area (Å²) in [5.74, 6) is -1.26. The van der Waals surface area contributed by atoms with Crippen molar-refractivity contribution >= 4 is 12.1 Å². The van der Waals surface area contributed by atoms with Crippen molar-refractivity contribution in [3.8, 4) is 0 Å². The number of ether oxygens (including phenoxy) is 1. The van der Waals surface area contributed by atoms with E-state index in [-0.39, 0.29) is 6.42 Å². The van der Waals surface area contributed by atoms with Gasteiger partial charge in [0.05, 0.1) is 0 Å². The number of carboxylic acid groups (broad SMARTS) is 1. The van der Waals surface area contributed by atoms with Crippen molar-refractivity contribution in [2.75, 3.05) is 7.05 Å². The standard InChI is InChI=1S/C12H22FNO4/c1-11(2,3)18-10(17)14(6)8(9(15)16)7-12(4,5)13/h8H,7H2,1-6H3,(H,15,16). The summed E-state index contributed by atoms with van der Waals surface area (Å²) < 4.78 is 18.6. The van der Waals surface area contributed by atoms with E-state index >= 15 is 0 Å². The number of alkyl halides is 1. The topological polar surface area (TPSA) is 66.8 Å². The van der Waals surface area contributed by atoms with Gasteiger partial charge in [-0.05, 0) is 34.6 Å². The highest BCUT2D eigenvalue weighted by molar-refractivity contribution is 5.80. The molecule has 0 aromatic carbocycles. The third-order valence-electron chi connectivity index (χ3n) is 2.11. The molecule has 1 unspecified atom stereocenters. The van der Waals surface area contributed by atoms with Crippen LogP contribution in [0.3, 0.4) is 0 Å². The zero-order chi connectivity index (χ0) is 14.7. The Morgan fingerprint density at radius 1 is 1.28 bits per heavy atom. The molecule has 1 atom stereocenters. The summed E-state index contributed by atoms with van der Waals surface area (Å²) in [7, 11) is 1.29. The fourth-order valence-electron chi connectivity index (χ4n) is 1.31. The Bertz CT molecular complexity index is 317. The van der Waals surface area contributed by atoms with Gasteiger partial charge in [0, 0.05) is 13.5 Å². The van der Waals surface area contributed by atoms with E-state index in [1.807, 2.05) is 0 Å². The lowest BCUT2D eigenvalue weighted by Gasteiger charge is -2.30. The Morgan fingerprint density at radius 2 is 1.72 bits per heavy atom. The van der Waals surface area contributed by atoms with Gasteiger partial charge in [-0.15, -0.1) is 0 Å². The maximum absolute atomic E-state index is 13.5. The molecule has 0 saturated carbocycles. The van der Waals surface area contributed by atoms with E-state index in [9.17, 15) is 14.0 Å². The molecule has 0 aliphatic rings. The van der Waals surface area contributed by atoms with Gasteiger partial charge >= 0.3 is 12.1 Å². The number of aliphatic carboxylic acids is 1. The van der Waals surface area contributed by atoms with Crippen LogP contribution < -0.4 is 0 Å². The molecule has 5 nitrogen and oxygen atoms in total. The molecular formula is C12H22FNO4. The normalized spacial score (nSPS) is 13.9. The first-order valence-corrected chi connectivity index (χ1v) is 5.71. The zero-order valence-electron chi connectivity index (χ0n) is 11.8. The van der Waals surface area contributed by atoms with Crippen LogP contribution in [0.4, 0.5) is 9.18 Å². The first kappa shape index (κ1) is 16.7. The first-order valence-electron chi connectivity index (χ1n) is 5.71. The van der Waals surface area contributed by atoms with Crippen LogP contribution in [0.15, 0.2) is 0 Å². The van der Waals surface area contributed by atoms with Crippen LogP contribution in [-0.2, 0) is 9.53 Å². The third-order valence-corrected chi connectivity index (χ3v) is 2.11. The van der Waals surface area contributed by atoms with Crippen molar-refractivity contribution < 1.29 is 23.8 Å². The minimum atomic E-state index is -1.68. The van der Waals surface area contributed by atoms with E-state index in [0.717, 1.165) is 4.90 Å². The molecule has 0 heterocycles. The van der Waals surface area contributed by atoms with Gasteiger partial charge in [-0.3, -0.25) is 4.90 Å². The average Bonchev–Trinajstić information content (AvgIpc) is 2.08. The highest BCUT2D eigenvalue weighted by atomic mass is 19.1. The predicted octanol–water partition coefficient (Wildman–Crippen LogP) is 2.44. The van der Waals surface area contributed by atoms with Gasteiger partial charge in [0.15, 0.2) is 0 Å². The maximum atomic E-state index is 13.5. The Balaban J connectivity index is 4.83. The third kappa shape index (κ3) is 6.42. The molecule has 6 heteroatoms. The SMILES string of the molecule is CN(C(=O)OC(C)(C)C)C(CC(C)(C)F)C(=O)O. The van der Waals surface area contributed by atoms with Gasteiger partial charge in [-0.25, -0.2) is 14.0 Å². The van der Waals surface area contributed by atoms with E-state index in [1.165, 1.54) is 20.9 Å². The Kier molecular flexibility index (Phi) is 5.13. The van der Waals surface area contributed by atoms with Crippen LogP contribution in [-0.4, -0.2) is 46.4 Å². The zero-order valence-corrected chi connectivity index (χ0v) is 11.8. The molecular weight excluding hydrogens is 241 g/mol. The van der Waals surface area contributed by atoms with Crippen molar-refractivity contribution in [1.29, 1.82) is 0 Å². The average molecular weight is 263 g/mol. The number of likely N-dealkylation sites (N-methyl/N-ethyl adjacent to an activating group) is 1. The summed E-state index contributed by atoms with van der Waals surface area (Å²) in [4.78, 5) is 23.7. The van der Waals surface area contributed by atoms with Crippen molar-refractivity contribution in [1.82, 2.24) is 4.90 Å². The van der Waals surface area contributed by atoms with Crippen LogP contribution in [0.25, 0.3) is 0 Å². The minimum absolute atomic E-state index is 0.294. The number of hydrogen-bond donors (Lipinski definition) is 1. The molecule has 0 radical (unpaired) electrons. The second-order valence-corrected chi connectivity index (χ2v) is 5.87. The van der Waals surface area contributed by atoms with E-state index in [4.69, 9.17) is 9.84 Å². The molecule has 18 heavy (non-hydrogen) atoms. The number of carboxylic acids is 1. The van der Waals surface area contributed by atoms with Crippen LogP contribution in [0, 0.1) is 0 Å². The molecule has 0 bridgehead atoms. The number of halogens is 1. The molecule has 0 saturated heterocycles. The first-order chi connectivity index (χ1) is 7.83. The minimum Gasteiger partial charge on any atom is -0.480 e. The number of rotatable bonds is 4. The second kappa shape index (κ2) is 5.54. The lowest BCUT2D eigenvalue weighted by atomic mass is 10.0. The van der Waals surface area contributed by atoms with E-state index in [0.29, 0.717) is 0 Å². The van der Waals surface area contributed by atoms with Crippen molar-refractivity contribution in [2.45, 2.75) is 58.4 Å². The fraction of sp³-hybridized carbons (Fsp3) is 0.833. The summed E-state index contributed by atoms with van der Waals surface area (Å²) in [6.07, 6.45) is -1.07. The number of amides is 1. The molecule has 106 valence electrons. The van der Waals surface area contributed by atoms with Crippen molar-refractivity contribution in [3.05, 3.63) is 0 Å². The highest BCUT2D eigenvalue weighted by Crippen LogP contribution is 2.21. The lowest BCUT2D eigenvalue weighted by molar-refractivity contribution is -0.144. The fourth-order valence-corrected chi connectivity index (χ4v) is 1.31. The quantitative estimate of drug-likeness (QED) is 0.846. The van der Waals surface area contributed by atoms with Gasteiger partial charge in [0.25, 0.3) is 0 Å². The predicted molar refractivity (Wildman–Crippen MR) is 65.2 cm³/mol. The largest absolute Gasteiger partial charge is 0.480 e. The molecule has 0 aromatic heterocycles. The molecule has 0 rings (SSSR count). The smallest absolute Gasteiger partial charge is 0.410 e. The van der Waals surface area contributed by atoms with E-state index in [2.05, 4.69) is 0 Å². The van der Waals surface area contributed by atoms with Crippen molar-refractivity contribution in [2.24, 2.45) is 0 Å². The Labute approximate surface area is 107 Å². The van der Waals surface area contributed by atoms with Crippen molar-refractivity contribution in [3.63, 3.8) is 0 Å². The monoisotopic (exact) mass is 263 g/mol. The molecule has 0 spiro atoms. The Hall–Kier alpha value is -1.33. The summed E-state index contributed by atoms with van der Waals surface area (Å²) in [5.41, 5.74) is -2.40. The molecule has 0 fully saturated rings. The molecule has 0 aliphatic carbocycles. The van der Waals surface area contributed by atoms with Crippen LogP contribution in [0.1, 0.15) is 41.0 Å². The summed E-state index contributed by atoms with van der Waals surface area (Å²) in [6, 6.07) is -1.25. The number of hydrogen-bond acceptors (Lipinski definition) is 3. The van der Waals surface area contributed by atoms with Crippen LogP contribution in [0.5, 0.6) is 0 Å². The molecule has 0 aromatic rings. The number of carbonyl (C=O) groups excluding carboxylic acids is 1. The molecule has 0 aliphatic heterocycles. The molecule has 1 amide bonds. The maximum Gasteiger partial charge on any atom is 0.410 e. The lowest BCUT2D eigenvalue weighted by Crippen LogP contribution is -2.47. The number of nitrogens with zero attached hydrogens (tertiary/aromatic N) is 1. The van der Waals surface area contributed by atoms with E-state index < -0.39 is 29.4 Å². The Morgan fingerprint density at radius 3 is 2.00 bits per heavy atom. The summed E-state index contributed by atoms with van der Waals surface area (Å²) in [6.45, 7) is 7.56. The van der Waals surface area contributed by atoms with Crippen LogP contribution >= 0.6 is 0 Å². The van der Waals surface area contributed by atoms with Gasteiger partial charge in [-0.1, -0.05) is 0 Å². The van der Waals surface area contributed by atoms with Crippen LogP contribution in [0.2, 0.25) is 0 Å².